The molecule has 23 heavy (non-hydrogen) atoms. The van der Waals surface area contributed by atoms with Crippen LogP contribution in [-0.4, -0.2) is 54.7 Å². The maximum atomic E-state index is 12.1. The number of aliphatic carboxylic acids is 1. The Balaban J connectivity index is 2.63. The molecular weight excluding hydrogens is 302 g/mol. The zero-order chi connectivity index (χ0) is 17.1. The van der Waals surface area contributed by atoms with Gasteiger partial charge < -0.3 is 19.3 Å². The first-order chi connectivity index (χ1) is 11.1. The van der Waals surface area contributed by atoms with Crippen molar-refractivity contribution >= 4 is 12.1 Å². The van der Waals surface area contributed by atoms with Crippen LogP contribution in [0.15, 0.2) is 30.3 Å². The average Bonchev–Trinajstić information content (AvgIpc) is 2.53. The number of hydrogen-bond donors (Lipinski definition) is 1. The van der Waals surface area contributed by atoms with Crippen molar-refractivity contribution in [3.63, 3.8) is 0 Å². The zero-order valence-corrected chi connectivity index (χ0v) is 13.4. The summed E-state index contributed by atoms with van der Waals surface area (Å²) in [5.41, 5.74) is 0.822. The van der Waals surface area contributed by atoms with E-state index in [0.29, 0.717) is 13.2 Å². The number of ether oxygens (including phenoxy) is 3. The molecule has 0 aliphatic heterocycles. The summed E-state index contributed by atoms with van der Waals surface area (Å²) in [6.07, 6.45) is -1.41. The van der Waals surface area contributed by atoms with Crippen LogP contribution >= 0.6 is 0 Å². The first kappa shape index (κ1) is 18.9. The van der Waals surface area contributed by atoms with Crippen molar-refractivity contribution in [2.75, 3.05) is 26.3 Å². The lowest BCUT2D eigenvalue weighted by molar-refractivity contribution is -0.151. The largest absolute Gasteiger partial charge is 0.480 e. The van der Waals surface area contributed by atoms with Gasteiger partial charge in [0.15, 0.2) is 6.29 Å². The van der Waals surface area contributed by atoms with Crippen LogP contribution in [0.1, 0.15) is 19.4 Å². The van der Waals surface area contributed by atoms with Crippen LogP contribution in [0.3, 0.4) is 0 Å². The van der Waals surface area contributed by atoms with Gasteiger partial charge in [-0.05, 0) is 19.4 Å². The first-order valence-electron chi connectivity index (χ1n) is 7.47. The molecular formula is C16H23NO6. The Morgan fingerprint density at radius 2 is 1.74 bits per heavy atom. The van der Waals surface area contributed by atoms with E-state index in [0.717, 1.165) is 10.5 Å². The van der Waals surface area contributed by atoms with Gasteiger partial charge >= 0.3 is 12.1 Å². The van der Waals surface area contributed by atoms with E-state index >= 15 is 0 Å². The average molecular weight is 325 g/mol. The number of hydrogen-bond acceptors (Lipinski definition) is 5. The first-order valence-corrected chi connectivity index (χ1v) is 7.47. The van der Waals surface area contributed by atoms with Crippen molar-refractivity contribution in [3.05, 3.63) is 35.9 Å². The van der Waals surface area contributed by atoms with Crippen molar-refractivity contribution in [2.45, 2.75) is 26.7 Å². The van der Waals surface area contributed by atoms with Gasteiger partial charge in [0, 0.05) is 13.2 Å². The third kappa shape index (κ3) is 7.62. The fourth-order valence-corrected chi connectivity index (χ4v) is 1.88. The Bertz CT molecular complexity index is 473. The highest BCUT2D eigenvalue weighted by atomic mass is 16.7. The van der Waals surface area contributed by atoms with Crippen molar-refractivity contribution in [1.82, 2.24) is 4.90 Å². The lowest BCUT2D eigenvalue weighted by Crippen LogP contribution is -2.42. The number of rotatable bonds is 10. The lowest BCUT2D eigenvalue weighted by atomic mass is 10.2. The molecule has 7 nitrogen and oxygen atoms in total. The minimum Gasteiger partial charge on any atom is -0.480 e. The zero-order valence-electron chi connectivity index (χ0n) is 13.4. The molecule has 7 heteroatoms. The third-order valence-corrected chi connectivity index (χ3v) is 2.86. The maximum absolute atomic E-state index is 12.1. The summed E-state index contributed by atoms with van der Waals surface area (Å²) in [5, 5.41) is 8.96. The number of carboxylic acid groups (broad SMARTS) is 1. The van der Waals surface area contributed by atoms with E-state index in [-0.39, 0.29) is 13.2 Å². The fraction of sp³-hybridized carbons (Fsp3) is 0.500. The van der Waals surface area contributed by atoms with Crippen LogP contribution in [0.4, 0.5) is 4.79 Å². The van der Waals surface area contributed by atoms with Crippen LogP contribution in [0.2, 0.25) is 0 Å². The minimum absolute atomic E-state index is 0.0123. The fourth-order valence-electron chi connectivity index (χ4n) is 1.88. The molecule has 0 saturated heterocycles. The molecule has 0 bridgehead atoms. The highest BCUT2D eigenvalue weighted by molar-refractivity contribution is 5.76. The molecule has 0 spiro atoms. The minimum atomic E-state index is -1.13. The van der Waals surface area contributed by atoms with Crippen molar-refractivity contribution < 1.29 is 28.9 Å². The molecule has 0 atom stereocenters. The molecule has 0 aromatic heterocycles. The molecule has 0 fully saturated rings. The summed E-state index contributed by atoms with van der Waals surface area (Å²) in [5.74, 6) is -1.13. The summed E-state index contributed by atoms with van der Waals surface area (Å²) in [4.78, 5) is 24.1. The van der Waals surface area contributed by atoms with Crippen LogP contribution in [0.25, 0.3) is 0 Å². The Morgan fingerprint density at radius 1 is 1.13 bits per heavy atom. The van der Waals surface area contributed by atoms with Crippen LogP contribution in [-0.2, 0) is 25.6 Å². The molecule has 1 aromatic rings. The van der Waals surface area contributed by atoms with E-state index in [2.05, 4.69) is 0 Å². The Kier molecular flexibility index (Phi) is 8.71. The quantitative estimate of drug-likeness (QED) is 0.663. The monoisotopic (exact) mass is 325 g/mol. The van der Waals surface area contributed by atoms with E-state index in [4.69, 9.17) is 19.3 Å². The standard InChI is InChI=1S/C16H23NO6/c1-3-21-15(22-4-2)11-17(10-14(18)19)16(20)23-12-13-8-6-5-7-9-13/h5-9,15H,3-4,10-12H2,1-2H3,(H,18,19). The molecule has 0 aliphatic carbocycles. The predicted molar refractivity (Wildman–Crippen MR) is 82.9 cm³/mol. The second-order valence-electron chi connectivity index (χ2n) is 4.65. The normalized spacial score (nSPS) is 10.6. The van der Waals surface area contributed by atoms with Gasteiger partial charge in [-0.2, -0.15) is 0 Å². The van der Waals surface area contributed by atoms with Crippen LogP contribution < -0.4 is 0 Å². The van der Waals surface area contributed by atoms with Crippen molar-refractivity contribution in [2.24, 2.45) is 0 Å². The molecule has 1 rings (SSSR count). The predicted octanol–water partition coefficient (Wildman–Crippen LogP) is 2.11. The maximum Gasteiger partial charge on any atom is 0.410 e. The molecule has 128 valence electrons. The number of amides is 1. The van der Waals surface area contributed by atoms with Crippen molar-refractivity contribution in [1.29, 1.82) is 0 Å². The van der Waals surface area contributed by atoms with E-state index in [1.807, 2.05) is 30.3 Å². The number of carbonyl (C=O) groups is 2. The van der Waals surface area contributed by atoms with E-state index in [1.165, 1.54) is 0 Å². The SMILES string of the molecule is CCOC(CN(CC(=O)O)C(=O)OCc1ccccc1)OCC. The van der Waals surface area contributed by atoms with Gasteiger partial charge in [-0.1, -0.05) is 30.3 Å². The van der Waals surface area contributed by atoms with Gasteiger partial charge in [0.05, 0.1) is 6.54 Å². The number of benzene rings is 1. The summed E-state index contributed by atoms with van der Waals surface area (Å²) in [7, 11) is 0. The van der Waals surface area contributed by atoms with Gasteiger partial charge in [0.1, 0.15) is 13.2 Å². The number of carboxylic acids is 1. The van der Waals surface area contributed by atoms with Gasteiger partial charge in [-0.15, -0.1) is 0 Å². The van der Waals surface area contributed by atoms with Crippen LogP contribution in [0.5, 0.6) is 0 Å². The topological polar surface area (TPSA) is 85.3 Å². The highest BCUT2D eigenvalue weighted by Crippen LogP contribution is 2.06. The molecule has 1 aromatic carbocycles. The molecule has 0 aliphatic rings. The Labute approximate surface area is 135 Å². The van der Waals surface area contributed by atoms with E-state index < -0.39 is 24.9 Å². The molecule has 0 radical (unpaired) electrons. The summed E-state index contributed by atoms with van der Waals surface area (Å²) < 4.78 is 15.8. The van der Waals surface area contributed by atoms with E-state index in [1.54, 1.807) is 13.8 Å². The number of carbonyl (C=O) groups excluding carboxylic acids is 1. The van der Waals surface area contributed by atoms with Gasteiger partial charge in [0.25, 0.3) is 0 Å². The molecule has 0 heterocycles. The van der Waals surface area contributed by atoms with Gasteiger partial charge in [0.2, 0.25) is 0 Å². The summed E-state index contributed by atoms with van der Waals surface area (Å²) >= 11 is 0. The second kappa shape index (κ2) is 10.6. The lowest BCUT2D eigenvalue weighted by Gasteiger charge is -2.25. The smallest absolute Gasteiger partial charge is 0.410 e. The molecule has 1 N–H and O–H groups in total. The highest BCUT2D eigenvalue weighted by Gasteiger charge is 2.23. The van der Waals surface area contributed by atoms with Gasteiger partial charge in [-0.25, -0.2) is 4.79 Å². The molecule has 0 unspecified atom stereocenters. The Hall–Kier alpha value is -2.12. The van der Waals surface area contributed by atoms with Gasteiger partial charge in [-0.3, -0.25) is 9.69 Å². The molecule has 1 amide bonds. The van der Waals surface area contributed by atoms with Crippen LogP contribution in [0, 0.1) is 0 Å². The van der Waals surface area contributed by atoms with Crippen molar-refractivity contribution in [3.8, 4) is 0 Å². The summed E-state index contributed by atoms with van der Waals surface area (Å²) in [6.45, 7) is 3.95. The van der Waals surface area contributed by atoms with E-state index in [9.17, 15) is 9.59 Å². The third-order valence-electron chi connectivity index (χ3n) is 2.86. The summed E-state index contributed by atoms with van der Waals surface area (Å²) in [6, 6.07) is 9.16. The number of nitrogens with zero attached hydrogens (tertiary/aromatic N) is 1. The molecule has 0 saturated carbocycles. The second-order valence-corrected chi connectivity index (χ2v) is 4.65. The Morgan fingerprint density at radius 3 is 2.26 bits per heavy atom.